The predicted octanol–water partition coefficient (Wildman–Crippen LogP) is 3.16. The molecule has 5 heteroatoms. The third-order valence-electron chi connectivity index (χ3n) is 2.44. The molecule has 1 atom stereocenters. The van der Waals surface area contributed by atoms with E-state index in [1.807, 2.05) is 6.92 Å². The summed E-state index contributed by atoms with van der Waals surface area (Å²) in [6.07, 6.45) is -0.559. The zero-order valence-corrected chi connectivity index (χ0v) is 11.0. The number of pyridine rings is 1. The van der Waals surface area contributed by atoms with Gasteiger partial charge in [-0.3, -0.25) is 4.98 Å². The molecule has 0 aromatic carbocycles. The molecule has 0 fully saturated rings. The molecule has 0 spiro atoms. The minimum Gasteiger partial charge on any atom is -0.490 e. The number of nitrogens with zero attached hydrogens (tertiary/aromatic N) is 1. The number of hydrogen-bond acceptors (Lipinski definition) is 3. The van der Waals surface area contributed by atoms with Crippen LogP contribution >= 0.6 is 0 Å². The Morgan fingerprint density at radius 2 is 2.11 bits per heavy atom. The summed E-state index contributed by atoms with van der Waals surface area (Å²) >= 11 is 0. The monoisotopic (exact) mass is 258 g/mol. The van der Waals surface area contributed by atoms with Gasteiger partial charge in [-0.05, 0) is 31.4 Å². The number of rotatable bonds is 6. The number of aromatic nitrogens is 1. The van der Waals surface area contributed by atoms with Crippen LogP contribution in [0.2, 0.25) is 0 Å². The molecule has 0 aliphatic carbocycles. The Hall–Kier alpha value is -1.23. The Morgan fingerprint density at radius 1 is 1.44 bits per heavy atom. The van der Waals surface area contributed by atoms with Crippen molar-refractivity contribution in [1.29, 1.82) is 0 Å². The van der Waals surface area contributed by atoms with Crippen molar-refractivity contribution in [2.75, 3.05) is 6.61 Å². The standard InChI is InChI=1S/C13H20F2N2O/c1-9(2)7-13(3,16)8-18-10-5-4-6-17-11(10)12(14)15/h4-6,9,12H,7-8,16H2,1-3H3/t13-/m0/s1. The summed E-state index contributed by atoms with van der Waals surface area (Å²) in [5.41, 5.74) is 5.19. The fraction of sp³-hybridized carbons (Fsp3) is 0.615. The molecule has 18 heavy (non-hydrogen) atoms. The summed E-state index contributed by atoms with van der Waals surface area (Å²) in [6, 6.07) is 3.05. The maximum atomic E-state index is 12.7. The average molecular weight is 258 g/mol. The lowest BCUT2D eigenvalue weighted by atomic mass is 9.93. The first kappa shape index (κ1) is 14.8. The van der Waals surface area contributed by atoms with Crippen LogP contribution in [0.15, 0.2) is 18.3 Å². The highest BCUT2D eigenvalue weighted by molar-refractivity contribution is 5.27. The summed E-state index contributed by atoms with van der Waals surface area (Å²) in [6.45, 7) is 6.15. The summed E-state index contributed by atoms with van der Waals surface area (Å²) < 4.78 is 30.8. The third kappa shape index (κ3) is 4.56. The molecule has 0 aliphatic rings. The van der Waals surface area contributed by atoms with E-state index < -0.39 is 12.0 Å². The van der Waals surface area contributed by atoms with E-state index in [1.165, 1.54) is 12.3 Å². The highest BCUT2D eigenvalue weighted by atomic mass is 19.3. The zero-order valence-electron chi connectivity index (χ0n) is 11.0. The molecule has 0 saturated carbocycles. The van der Waals surface area contributed by atoms with E-state index in [0.717, 1.165) is 6.42 Å². The van der Waals surface area contributed by atoms with Gasteiger partial charge in [0, 0.05) is 11.7 Å². The van der Waals surface area contributed by atoms with E-state index in [1.54, 1.807) is 6.07 Å². The van der Waals surface area contributed by atoms with E-state index in [0.29, 0.717) is 5.92 Å². The molecule has 1 rings (SSSR count). The molecule has 0 unspecified atom stereocenters. The van der Waals surface area contributed by atoms with Crippen molar-refractivity contribution in [1.82, 2.24) is 4.98 Å². The molecule has 2 N–H and O–H groups in total. The minimum atomic E-state index is -2.64. The highest BCUT2D eigenvalue weighted by Crippen LogP contribution is 2.27. The van der Waals surface area contributed by atoms with Crippen LogP contribution in [0.1, 0.15) is 39.3 Å². The van der Waals surface area contributed by atoms with Crippen molar-refractivity contribution in [2.45, 2.75) is 39.2 Å². The number of alkyl halides is 2. The minimum absolute atomic E-state index is 0.105. The number of ether oxygens (including phenoxy) is 1. The van der Waals surface area contributed by atoms with Gasteiger partial charge in [-0.25, -0.2) is 8.78 Å². The lowest BCUT2D eigenvalue weighted by Gasteiger charge is -2.27. The van der Waals surface area contributed by atoms with Gasteiger partial charge in [-0.15, -0.1) is 0 Å². The molecule has 3 nitrogen and oxygen atoms in total. The molecule has 1 heterocycles. The van der Waals surface area contributed by atoms with Gasteiger partial charge < -0.3 is 10.5 Å². The zero-order chi connectivity index (χ0) is 13.8. The Kier molecular flexibility index (Phi) is 5.02. The average Bonchev–Trinajstić information content (AvgIpc) is 2.25. The van der Waals surface area contributed by atoms with Gasteiger partial charge in [-0.1, -0.05) is 13.8 Å². The van der Waals surface area contributed by atoms with Gasteiger partial charge in [-0.2, -0.15) is 0 Å². The van der Waals surface area contributed by atoms with Crippen LogP contribution < -0.4 is 10.5 Å². The SMILES string of the molecule is CC(C)C[C@](C)(N)COc1cccnc1C(F)F. The van der Waals surface area contributed by atoms with Gasteiger partial charge in [0.05, 0.1) is 0 Å². The lowest BCUT2D eigenvalue weighted by molar-refractivity contribution is 0.134. The van der Waals surface area contributed by atoms with Gasteiger partial charge in [0.15, 0.2) is 0 Å². The Balaban J connectivity index is 2.68. The second-order valence-electron chi connectivity index (χ2n) is 5.23. The molecule has 0 aliphatic heterocycles. The molecular formula is C13H20F2N2O. The molecule has 102 valence electrons. The van der Waals surface area contributed by atoms with E-state index in [4.69, 9.17) is 10.5 Å². The molecular weight excluding hydrogens is 238 g/mol. The normalized spacial score (nSPS) is 14.9. The maximum Gasteiger partial charge on any atom is 0.284 e. The van der Waals surface area contributed by atoms with Crippen molar-refractivity contribution in [3.63, 3.8) is 0 Å². The van der Waals surface area contributed by atoms with Crippen molar-refractivity contribution in [3.8, 4) is 5.75 Å². The van der Waals surface area contributed by atoms with E-state index in [-0.39, 0.29) is 18.1 Å². The Labute approximate surface area is 106 Å². The summed E-state index contributed by atoms with van der Waals surface area (Å²) in [5, 5.41) is 0. The summed E-state index contributed by atoms with van der Waals surface area (Å²) in [4.78, 5) is 3.62. The van der Waals surface area contributed by atoms with Crippen LogP contribution in [0, 0.1) is 5.92 Å². The second kappa shape index (κ2) is 6.09. The van der Waals surface area contributed by atoms with Crippen LogP contribution in [-0.2, 0) is 0 Å². The van der Waals surface area contributed by atoms with Crippen LogP contribution in [-0.4, -0.2) is 17.1 Å². The predicted molar refractivity (Wildman–Crippen MR) is 66.7 cm³/mol. The highest BCUT2D eigenvalue weighted by Gasteiger charge is 2.23. The summed E-state index contributed by atoms with van der Waals surface area (Å²) in [7, 11) is 0. The van der Waals surface area contributed by atoms with Crippen LogP contribution in [0.25, 0.3) is 0 Å². The second-order valence-corrected chi connectivity index (χ2v) is 5.23. The largest absolute Gasteiger partial charge is 0.490 e. The first-order valence-electron chi connectivity index (χ1n) is 5.96. The van der Waals surface area contributed by atoms with E-state index >= 15 is 0 Å². The van der Waals surface area contributed by atoms with Crippen molar-refractivity contribution in [2.24, 2.45) is 11.7 Å². The number of nitrogens with two attached hydrogens (primary N) is 1. The molecule has 0 amide bonds. The van der Waals surface area contributed by atoms with Gasteiger partial charge in [0.2, 0.25) is 0 Å². The molecule has 0 bridgehead atoms. The summed E-state index contributed by atoms with van der Waals surface area (Å²) in [5.74, 6) is 0.528. The fourth-order valence-electron chi connectivity index (χ4n) is 1.92. The van der Waals surface area contributed by atoms with Crippen LogP contribution in [0.4, 0.5) is 8.78 Å². The number of halogens is 2. The first-order valence-corrected chi connectivity index (χ1v) is 5.96. The fourth-order valence-corrected chi connectivity index (χ4v) is 1.92. The van der Waals surface area contributed by atoms with Gasteiger partial charge in [0.25, 0.3) is 6.43 Å². The third-order valence-corrected chi connectivity index (χ3v) is 2.44. The van der Waals surface area contributed by atoms with Gasteiger partial charge >= 0.3 is 0 Å². The van der Waals surface area contributed by atoms with Crippen molar-refractivity contribution >= 4 is 0 Å². The van der Waals surface area contributed by atoms with Gasteiger partial charge in [0.1, 0.15) is 18.1 Å². The number of hydrogen-bond donors (Lipinski definition) is 1. The maximum absolute atomic E-state index is 12.7. The molecule has 0 saturated heterocycles. The Morgan fingerprint density at radius 3 is 2.67 bits per heavy atom. The lowest BCUT2D eigenvalue weighted by Crippen LogP contribution is -2.43. The smallest absolute Gasteiger partial charge is 0.284 e. The molecule has 0 radical (unpaired) electrons. The Bertz CT molecular complexity index is 381. The van der Waals surface area contributed by atoms with Crippen molar-refractivity contribution in [3.05, 3.63) is 24.0 Å². The topological polar surface area (TPSA) is 48.1 Å². The quantitative estimate of drug-likeness (QED) is 0.852. The molecule has 1 aromatic heterocycles. The van der Waals surface area contributed by atoms with Crippen LogP contribution in [0.5, 0.6) is 5.75 Å². The van der Waals surface area contributed by atoms with E-state index in [2.05, 4.69) is 18.8 Å². The molecule has 1 aromatic rings. The van der Waals surface area contributed by atoms with Crippen molar-refractivity contribution < 1.29 is 13.5 Å². The first-order chi connectivity index (χ1) is 8.32. The van der Waals surface area contributed by atoms with E-state index in [9.17, 15) is 8.78 Å². The van der Waals surface area contributed by atoms with Crippen LogP contribution in [0.3, 0.4) is 0 Å².